The summed E-state index contributed by atoms with van der Waals surface area (Å²) in [7, 11) is 0. The lowest BCUT2D eigenvalue weighted by molar-refractivity contribution is -0.386. The average Bonchev–Trinajstić information content (AvgIpc) is 2.37. The van der Waals surface area contributed by atoms with Crippen molar-refractivity contribution in [1.82, 2.24) is 9.88 Å². The van der Waals surface area contributed by atoms with Crippen LogP contribution in [0.15, 0.2) is 6.20 Å². The van der Waals surface area contributed by atoms with Crippen molar-refractivity contribution >= 4 is 11.7 Å². The molecule has 1 heterocycles. The van der Waals surface area contributed by atoms with Crippen molar-refractivity contribution in [2.75, 3.05) is 6.54 Å². The van der Waals surface area contributed by atoms with E-state index < -0.39 is 16.4 Å². The molecule has 21 heavy (non-hydrogen) atoms. The van der Waals surface area contributed by atoms with Crippen molar-refractivity contribution < 1.29 is 14.8 Å². The fourth-order valence-corrected chi connectivity index (χ4v) is 2.23. The Labute approximate surface area is 123 Å². The Kier molecular flexibility index (Phi) is 5.01. The predicted octanol–water partition coefficient (Wildman–Crippen LogP) is 2.29. The SMILES string of the molecule is CCN(Cc1ncc(C)c([N+](=O)[O-])c1C)C(C)(C)C(=O)O. The number of carboxylic acids is 1. The second-order valence-corrected chi connectivity index (χ2v) is 5.50. The van der Waals surface area contributed by atoms with Crippen LogP contribution in [0.4, 0.5) is 5.69 Å². The number of pyridine rings is 1. The third-order valence-electron chi connectivity index (χ3n) is 3.79. The Morgan fingerprint density at radius 2 is 2.05 bits per heavy atom. The molecule has 0 amide bonds. The molecule has 0 bridgehead atoms. The zero-order chi connectivity index (χ0) is 16.4. The number of carbonyl (C=O) groups is 1. The molecule has 0 saturated carbocycles. The topological polar surface area (TPSA) is 96.6 Å². The highest BCUT2D eigenvalue weighted by atomic mass is 16.6. The molecule has 0 radical (unpaired) electrons. The van der Waals surface area contributed by atoms with E-state index >= 15 is 0 Å². The number of nitrogens with zero attached hydrogens (tertiary/aromatic N) is 3. The van der Waals surface area contributed by atoms with Gasteiger partial charge in [-0.15, -0.1) is 0 Å². The zero-order valence-electron chi connectivity index (χ0n) is 13.0. The first kappa shape index (κ1) is 17.0. The van der Waals surface area contributed by atoms with Gasteiger partial charge in [0.1, 0.15) is 5.54 Å². The van der Waals surface area contributed by atoms with Crippen LogP contribution < -0.4 is 0 Å². The van der Waals surface area contributed by atoms with Crippen LogP contribution in [0.3, 0.4) is 0 Å². The molecule has 1 aromatic rings. The molecule has 1 aromatic heterocycles. The molecular formula is C14H21N3O4. The lowest BCUT2D eigenvalue weighted by Gasteiger charge is -2.34. The third-order valence-corrected chi connectivity index (χ3v) is 3.79. The standard InChI is InChI=1S/C14H21N3O4/c1-6-16(14(4,5)13(18)19)8-11-10(3)12(17(20)21)9(2)7-15-11/h7H,6,8H2,1-5H3,(H,18,19). The molecule has 0 unspecified atom stereocenters. The minimum Gasteiger partial charge on any atom is -0.480 e. The highest BCUT2D eigenvalue weighted by Crippen LogP contribution is 2.26. The molecule has 0 fully saturated rings. The summed E-state index contributed by atoms with van der Waals surface area (Å²) in [6, 6.07) is 0. The van der Waals surface area contributed by atoms with Crippen molar-refractivity contribution in [1.29, 1.82) is 0 Å². The highest BCUT2D eigenvalue weighted by Gasteiger charge is 2.34. The van der Waals surface area contributed by atoms with E-state index in [0.29, 0.717) is 23.4 Å². The third kappa shape index (κ3) is 3.36. The number of nitro groups is 1. The van der Waals surface area contributed by atoms with E-state index in [4.69, 9.17) is 0 Å². The molecule has 0 spiro atoms. The summed E-state index contributed by atoms with van der Waals surface area (Å²) < 4.78 is 0. The molecule has 0 aliphatic carbocycles. The Bertz CT molecular complexity index is 570. The molecular weight excluding hydrogens is 274 g/mol. The number of hydrogen-bond donors (Lipinski definition) is 1. The molecule has 1 rings (SSSR count). The van der Waals surface area contributed by atoms with Gasteiger partial charge in [-0.3, -0.25) is 24.8 Å². The second-order valence-electron chi connectivity index (χ2n) is 5.50. The van der Waals surface area contributed by atoms with E-state index in [1.807, 2.05) is 6.92 Å². The van der Waals surface area contributed by atoms with Crippen LogP contribution in [0.2, 0.25) is 0 Å². The highest BCUT2D eigenvalue weighted by molar-refractivity contribution is 5.77. The van der Waals surface area contributed by atoms with Gasteiger partial charge in [-0.05, 0) is 34.2 Å². The second kappa shape index (κ2) is 6.17. The molecule has 0 aliphatic rings. The van der Waals surface area contributed by atoms with Crippen LogP contribution in [-0.4, -0.2) is 38.0 Å². The van der Waals surface area contributed by atoms with Gasteiger partial charge in [0.2, 0.25) is 0 Å². The van der Waals surface area contributed by atoms with Gasteiger partial charge in [0.25, 0.3) is 5.69 Å². The molecule has 116 valence electrons. The number of rotatable bonds is 6. The molecule has 7 heteroatoms. The van der Waals surface area contributed by atoms with Crippen molar-refractivity contribution in [2.24, 2.45) is 0 Å². The van der Waals surface area contributed by atoms with Gasteiger partial charge in [-0.2, -0.15) is 0 Å². The lowest BCUT2D eigenvalue weighted by Crippen LogP contribution is -2.49. The van der Waals surface area contributed by atoms with Gasteiger partial charge in [-0.25, -0.2) is 0 Å². The monoisotopic (exact) mass is 295 g/mol. The van der Waals surface area contributed by atoms with Crippen LogP contribution in [0.25, 0.3) is 0 Å². The summed E-state index contributed by atoms with van der Waals surface area (Å²) in [4.78, 5) is 28.0. The summed E-state index contributed by atoms with van der Waals surface area (Å²) in [5.41, 5.74) is 0.497. The largest absolute Gasteiger partial charge is 0.480 e. The van der Waals surface area contributed by atoms with Crippen molar-refractivity contribution in [3.63, 3.8) is 0 Å². The summed E-state index contributed by atoms with van der Waals surface area (Å²) in [6.45, 7) is 9.11. The molecule has 0 saturated heterocycles. The van der Waals surface area contributed by atoms with Crippen LogP contribution in [-0.2, 0) is 11.3 Å². The maximum absolute atomic E-state index is 11.4. The first-order chi connectivity index (χ1) is 9.62. The minimum atomic E-state index is -1.07. The van der Waals surface area contributed by atoms with E-state index in [0.717, 1.165) is 0 Å². The molecule has 0 aliphatic heterocycles. The van der Waals surface area contributed by atoms with Gasteiger partial charge >= 0.3 is 5.97 Å². The number of hydrogen-bond acceptors (Lipinski definition) is 5. The van der Waals surface area contributed by atoms with E-state index in [9.17, 15) is 20.0 Å². The smallest absolute Gasteiger partial charge is 0.323 e. The number of aryl methyl sites for hydroxylation is 1. The summed E-state index contributed by atoms with van der Waals surface area (Å²) >= 11 is 0. The van der Waals surface area contributed by atoms with E-state index in [1.165, 1.54) is 6.20 Å². The summed E-state index contributed by atoms with van der Waals surface area (Å²) in [5.74, 6) is -0.941. The van der Waals surface area contributed by atoms with Crippen molar-refractivity contribution in [3.8, 4) is 0 Å². The predicted molar refractivity (Wildman–Crippen MR) is 78.2 cm³/mol. The first-order valence-corrected chi connectivity index (χ1v) is 6.70. The quantitative estimate of drug-likeness (QED) is 0.639. The average molecular weight is 295 g/mol. The molecule has 0 aromatic carbocycles. The first-order valence-electron chi connectivity index (χ1n) is 6.70. The number of aliphatic carboxylic acids is 1. The fraction of sp³-hybridized carbons (Fsp3) is 0.571. The van der Waals surface area contributed by atoms with E-state index in [1.54, 1.807) is 32.6 Å². The maximum atomic E-state index is 11.4. The minimum absolute atomic E-state index is 0.0455. The molecule has 7 nitrogen and oxygen atoms in total. The van der Waals surface area contributed by atoms with Crippen LogP contribution in [0.1, 0.15) is 37.6 Å². The number of likely N-dealkylation sites (N-methyl/N-ethyl adjacent to an activating group) is 1. The maximum Gasteiger partial charge on any atom is 0.323 e. The normalized spacial score (nSPS) is 11.7. The summed E-state index contributed by atoms with van der Waals surface area (Å²) in [5, 5.41) is 20.4. The Morgan fingerprint density at radius 1 is 1.48 bits per heavy atom. The Balaban J connectivity index is 3.21. The molecule has 0 atom stereocenters. The van der Waals surface area contributed by atoms with Gasteiger partial charge in [-0.1, -0.05) is 6.92 Å². The summed E-state index contributed by atoms with van der Waals surface area (Å²) in [6.07, 6.45) is 1.46. The molecule has 1 N–H and O–H groups in total. The Morgan fingerprint density at radius 3 is 2.48 bits per heavy atom. The van der Waals surface area contributed by atoms with Crippen LogP contribution in [0.5, 0.6) is 0 Å². The zero-order valence-corrected chi connectivity index (χ0v) is 13.0. The van der Waals surface area contributed by atoms with Crippen molar-refractivity contribution in [2.45, 2.75) is 46.7 Å². The van der Waals surface area contributed by atoms with Crippen LogP contribution in [0, 0.1) is 24.0 Å². The van der Waals surface area contributed by atoms with Crippen molar-refractivity contribution in [3.05, 3.63) is 33.1 Å². The van der Waals surface area contributed by atoms with Gasteiger partial charge in [0.15, 0.2) is 0 Å². The van der Waals surface area contributed by atoms with Gasteiger partial charge in [0.05, 0.1) is 10.6 Å². The van der Waals surface area contributed by atoms with Crippen LogP contribution >= 0.6 is 0 Å². The van der Waals surface area contributed by atoms with Gasteiger partial charge in [0, 0.05) is 23.9 Å². The van der Waals surface area contributed by atoms with Gasteiger partial charge < -0.3 is 5.11 Å². The number of carboxylic acid groups (broad SMARTS) is 1. The fourth-order valence-electron chi connectivity index (χ4n) is 2.23. The Hall–Kier alpha value is -2.02. The van der Waals surface area contributed by atoms with E-state index in [-0.39, 0.29) is 12.2 Å². The number of aromatic nitrogens is 1. The van der Waals surface area contributed by atoms with E-state index in [2.05, 4.69) is 4.98 Å². The lowest BCUT2D eigenvalue weighted by atomic mass is 10.0.